The van der Waals surface area contributed by atoms with Crippen LogP contribution >= 0.6 is 22.9 Å². The van der Waals surface area contributed by atoms with E-state index in [2.05, 4.69) is 29.0 Å². The fraction of sp³-hybridized carbons (Fsp3) is 0.778. The molecule has 1 heterocycles. The fourth-order valence-electron chi connectivity index (χ4n) is 4.33. The molecule has 1 aromatic rings. The van der Waals surface area contributed by atoms with E-state index in [-0.39, 0.29) is 6.03 Å². The number of urea groups is 1. The molecule has 0 bridgehead atoms. The molecule has 0 saturated heterocycles. The van der Waals surface area contributed by atoms with E-state index in [0.717, 1.165) is 37.5 Å². The predicted octanol–water partition coefficient (Wildman–Crippen LogP) is 5.79. The first-order chi connectivity index (χ1) is 11.5. The van der Waals surface area contributed by atoms with Gasteiger partial charge < -0.3 is 4.90 Å². The maximum absolute atomic E-state index is 13.0. The molecule has 0 spiro atoms. The molecule has 2 amide bonds. The van der Waals surface area contributed by atoms with Crippen molar-refractivity contribution in [2.24, 2.45) is 11.8 Å². The summed E-state index contributed by atoms with van der Waals surface area (Å²) in [7, 11) is 0. The number of hydrogen-bond acceptors (Lipinski definition) is 3. The van der Waals surface area contributed by atoms with Gasteiger partial charge in [0.1, 0.15) is 4.34 Å². The standard InChI is InChI=1S/C18H28ClN3OS/c1-12(2)13-7-9-15(10-8-13)22(14-5-3-4-6-14)18(23)21-17-20-11-16(19)24-17/h11-15H,3-10H2,1-2H3,(H,20,21,23). The summed E-state index contributed by atoms with van der Waals surface area (Å²) < 4.78 is 0.607. The molecule has 2 fully saturated rings. The fourth-order valence-corrected chi connectivity index (χ4v) is 5.13. The van der Waals surface area contributed by atoms with E-state index in [1.54, 1.807) is 6.20 Å². The second kappa shape index (κ2) is 8.05. The van der Waals surface area contributed by atoms with Gasteiger partial charge in [-0.05, 0) is 50.4 Å². The molecule has 0 atom stereocenters. The van der Waals surface area contributed by atoms with Crippen molar-refractivity contribution in [3.05, 3.63) is 10.5 Å². The van der Waals surface area contributed by atoms with Gasteiger partial charge >= 0.3 is 6.03 Å². The number of thiazole rings is 1. The molecule has 1 N–H and O–H groups in total. The lowest BCUT2D eigenvalue weighted by molar-refractivity contribution is 0.113. The highest BCUT2D eigenvalue weighted by Gasteiger charge is 2.35. The van der Waals surface area contributed by atoms with Crippen LogP contribution in [-0.2, 0) is 0 Å². The zero-order chi connectivity index (χ0) is 17.1. The molecule has 24 heavy (non-hydrogen) atoms. The lowest BCUT2D eigenvalue weighted by Gasteiger charge is -2.41. The lowest BCUT2D eigenvalue weighted by atomic mass is 9.79. The van der Waals surface area contributed by atoms with E-state index in [1.807, 2.05) is 0 Å². The van der Waals surface area contributed by atoms with Gasteiger partial charge in [-0.1, -0.05) is 49.6 Å². The van der Waals surface area contributed by atoms with Crippen molar-refractivity contribution in [2.75, 3.05) is 5.32 Å². The number of carbonyl (C=O) groups is 1. The van der Waals surface area contributed by atoms with Crippen LogP contribution < -0.4 is 5.32 Å². The van der Waals surface area contributed by atoms with Gasteiger partial charge in [-0.2, -0.15) is 0 Å². The number of nitrogens with zero attached hydrogens (tertiary/aromatic N) is 2. The summed E-state index contributed by atoms with van der Waals surface area (Å²) >= 11 is 7.26. The van der Waals surface area contributed by atoms with Crippen LogP contribution in [0.1, 0.15) is 65.2 Å². The average molecular weight is 370 g/mol. The van der Waals surface area contributed by atoms with Gasteiger partial charge in [0.15, 0.2) is 5.13 Å². The molecule has 134 valence electrons. The van der Waals surface area contributed by atoms with E-state index in [4.69, 9.17) is 11.6 Å². The largest absolute Gasteiger partial charge is 0.324 e. The molecule has 0 aliphatic heterocycles. The molecule has 0 radical (unpaired) electrons. The molecular formula is C18H28ClN3OS. The quantitative estimate of drug-likeness (QED) is 0.730. The third-order valence-corrected chi connectivity index (χ3v) is 6.75. The first kappa shape index (κ1) is 18.0. The number of carbonyl (C=O) groups excluding carboxylic acids is 1. The summed E-state index contributed by atoms with van der Waals surface area (Å²) in [5, 5.41) is 3.58. The van der Waals surface area contributed by atoms with Crippen LogP contribution in [0.2, 0.25) is 4.34 Å². The van der Waals surface area contributed by atoms with E-state index in [9.17, 15) is 4.79 Å². The summed E-state index contributed by atoms with van der Waals surface area (Å²) in [5.74, 6) is 1.56. The average Bonchev–Trinajstić information content (AvgIpc) is 3.20. The highest BCUT2D eigenvalue weighted by atomic mass is 35.5. The molecule has 0 unspecified atom stereocenters. The Labute approximate surface area is 154 Å². The monoisotopic (exact) mass is 369 g/mol. The first-order valence-electron chi connectivity index (χ1n) is 9.25. The molecule has 2 aliphatic rings. The van der Waals surface area contributed by atoms with Gasteiger partial charge in [0, 0.05) is 12.1 Å². The number of amides is 2. The van der Waals surface area contributed by atoms with Crippen LogP contribution in [0.15, 0.2) is 6.20 Å². The van der Waals surface area contributed by atoms with Crippen molar-refractivity contribution in [3.63, 3.8) is 0 Å². The van der Waals surface area contributed by atoms with Crippen LogP contribution in [0.5, 0.6) is 0 Å². The van der Waals surface area contributed by atoms with Crippen molar-refractivity contribution in [1.29, 1.82) is 0 Å². The molecule has 3 rings (SSSR count). The van der Waals surface area contributed by atoms with Crippen LogP contribution in [0.4, 0.5) is 9.93 Å². The van der Waals surface area contributed by atoms with Crippen molar-refractivity contribution in [2.45, 2.75) is 77.3 Å². The molecule has 2 aliphatic carbocycles. The lowest BCUT2D eigenvalue weighted by Crippen LogP contribution is -2.49. The van der Waals surface area contributed by atoms with Gasteiger partial charge in [-0.3, -0.25) is 5.32 Å². The Bertz CT molecular complexity index is 548. The number of anilines is 1. The summed E-state index contributed by atoms with van der Waals surface area (Å²) in [5.41, 5.74) is 0. The number of halogens is 1. The van der Waals surface area contributed by atoms with Gasteiger partial charge in [0.05, 0.1) is 6.20 Å². The summed E-state index contributed by atoms with van der Waals surface area (Å²) in [6.45, 7) is 4.64. The number of aromatic nitrogens is 1. The number of rotatable bonds is 4. The maximum atomic E-state index is 13.0. The SMILES string of the molecule is CC(C)C1CCC(N(C(=O)Nc2ncc(Cl)s2)C2CCCC2)CC1. The molecule has 2 saturated carbocycles. The Morgan fingerprint density at radius 1 is 1.21 bits per heavy atom. The summed E-state index contributed by atoms with van der Waals surface area (Å²) in [6.07, 6.45) is 11.1. The predicted molar refractivity (Wildman–Crippen MR) is 101 cm³/mol. The second-order valence-corrected chi connectivity index (χ2v) is 9.22. The highest BCUT2D eigenvalue weighted by molar-refractivity contribution is 7.19. The minimum absolute atomic E-state index is 0.0147. The van der Waals surface area contributed by atoms with E-state index in [0.29, 0.717) is 21.6 Å². The Morgan fingerprint density at radius 3 is 2.38 bits per heavy atom. The number of nitrogens with one attached hydrogen (secondary N) is 1. The van der Waals surface area contributed by atoms with Crippen molar-refractivity contribution < 1.29 is 4.79 Å². The summed E-state index contributed by atoms with van der Waals surface area (Å²) in [4.78, 5) is 19.3. The Hall–Kier alpha value is -0.810. The molecular weight excluding hydrogens is 342 g/mol. The zero-order valence-electron chi connectivity index (χ0n) is 14.6. The van der Waals surface area contributed by atoms with E-state index < -0.39 is 0 Å². The summed E-state index contributed by atoms with van der Waals surface area (Å²) in [6, 6.07) is 0.778. The third-order valence-electron chi connectivity index (χ3n) is 5.72. The van der Waals surface area contributed by atoms with E-state index in [1.165, 1.54) is 37.0 Å². The second-order valence-electron chi connectivity index (χ2n) is 7.56. The van der Waals surface area contributed by atoms with Crippen molar-refractivity contribution in [1.82, 2.24) is 9.88 Å². The molecule has 6 heteroatoms. The molecule has 0 aromatic carbocycles. The van der Waals surface area contributed by atoms with Gasteiger partial charge in [-0.25, -0.2) is 9.78 Å². The maximum Gasteiger partial charge on any atom is 0.324 e. The Kier molecular flexibility index (Phi) is 6.03. The zero-order valence-corrected chi connectivity index (χ0v) is 16.2. The Balaban J connectivity index is 1.68. The third kappa shape index (κ3) is 4.23. The van der Waals surface area contributed by atoms with Crippen LogP contribution in [0, 0.1) is 11.8 Å². The van der Waals surface area contributed by atoms with E-state index >= 15 is 0 Å². The normalized spacial score (nSPS) is 25.2. The van der Waals surface area contributed by atoms with Gasteiger partial charge in [0.25, 0.3) is 0 Å². The van der Waals surface area contributed by atoms with Crippen molar-refractivity contribution >= 4 is 34.1 Å². The van der Waals surface area contributed by atoms with Crippen molar-refractivity contribution in [3.8, 4) is 0 Å². The Morgan fingerprint density at radius 2 is 1.83 bits per heavy atom. The first-order valence-corrected chi connectivity index (χ1v) is 10.4. The molecule has 4 nitrogen and oxygen atoms in total. The minimum Gasteiger partial charge on any atom is -0.319 e. The highest BCUT2D eigenvalue weighted by Crippen LogP contribution is 2.36. The van der Waals surface area contributed by atoms with Gasteiger partial charge in [0.2, 0.25) is 0 Å². The topological polar surface area (TPSA) is 45.2 Å². The van der Waals surface area contributed by atoms with Crippen LogP contribution in [0.3, 0.4) is 0 Å². The minimum atomic E-state index is 0.0147. The van der Waals surface area contributed by atoms with Gasteiger partial charge in [-0.15, -0.1) is 0 Å². The molecule has 1 aromatic heterocycles. The van der Waals surface area contributed by atoms with Crippen LogP contribution in [-0.4, -0.2) is 28.0 Å². The van der Waals surface area contributed by atoms with Crippen LogP contribution in [0.25, 0.3) is 0 Å². The smallest absolute Gasteiger partial charge is 0.319 e. The number of hydrogen-bond donors (Lipinski definition) is 1.